The number of hydrogen-bond acceptors (Lipinski definition) is 3. The number of hydrogen-bond donors (Lipinski definition) is 2. The van der Waals surface area contributed by atoms with Gasteiger partial charge in [-0.1, -0.05) is 19.2 Å². The standard InChI is InChI=1S/C13H29B2NO2/c1-11(2,7-9-16)14-15-13(5,6)18-10-8-12(3,4)17/h17H,7-10,16H2,1-6H3. The highest BCUT2D eigenvalue weighted by Crippen LogP contribution is 2.27. The molecule has 0 aliphatic heterocycles. The van der Waals surface area contributed by atoms with E-state index in [1.807, 2.05) is 13.8 Å². The predicted molar refractivity (Wildman–Crippen MR) is 80.2 cm³/mol. The summed E-state index contributed by atoms with van der Waals surface area (Å²) in [6, 6.07) is 0. The molecule has 0 amide bonds. The molecule has 0 fully saturated rings. The minimum absolute atomic E-state index is 0.103. The lowest BCUT2D eigenvalue weighted by molar-refractivity contribution is -0.00672. The minimum Gasteiger partial charge on any atom is -0.390 e. The molecule has 0 unspecified atom stereocenters. The predicted octanol–water partition coefficient (Wildman–Crippen LogP) is 1.77. The number of rotatable bonds is 9. The average molecular weight is 253 g/mol. The molecule has 0 aromatic rings. The molecule has 0 aromatic heterocycles. The Kier molecular flexibility index (Phi) is 6.97. The Morgan fingerprint density at radius 1 is 1.00 bits per heavy atom. The van der Waals surface area contributed by atoms with E-state index in [1.165, 1.54) is 0 Å². The minimum atomic E-state index is -0.668. The quantitative estimate of drug-likeness (QED) is 0.615. The van der Waals surface area contributed by atoms with Crippen LogP contribution in [0, 0.1) is 0 Å². The van der Waals surface area contributed by atoms with Crippen molar-refractivity contribution in [1.82, 2.24) is 0 Å². The van der Waals surface area contributed by atoms with E-state index in [9.17, 15) is 5.11 Å². The van der Waals surface area contributed by atoms with Gasteiger partial charge >= 0.3 is 0 Å². The first-order valence-corrected chi connectivity index (χ1v) is 6.74. The van der Waals surface area contributed by atoms with Crippen LogP contribution in [0.5, 0.6) is 0 Å². The summed E-state index contributed by atoms with van der Waals surface area (Å²) in [5.41, 5.74) is 4.61. The van der Waals surface area contributed by atoms with Crippen LogP contribution in [-0.4, -0.2) is 43.7 Å². The summed E-state index contributed by atoms with van der Waals surface area (Å²) < 4.78 is 5.80. The molecule has 0 aromatic carbocycles. The molecule has 0 saturated carbocycles. The zero-order valence-corrected chi connectivity index (χ0v) is 12.9. The lowest BCUT2D eigenvalue weighted by Gasteiger charge is -2.31. The van der Waals surface area contributed by atoms with E-state index < -0.39 is 5.60 Å². The van der Waals surface area contributed by atoms with Crippen LogP contribution in [0.1, 0.15) is 54.4 Å². The first kappa shape index (κ1) is 18.0. The molecule has 0 aliphatic rings. The maximum Gasteiger partial charge on any atom is 0.109 e. The van der Waals surface area contributed by atoms with E-state index in [4.69, 9.17) is 10.5 Å². The fraction of sp³-hybridized carbons (Fsp3) is 1.00. The van der Waals surface area contributed by atoms with Crippen LogP contribution in [0.3, 0.4) is 0 Å². The fourth-order valence-electron chi connectivity index (χ4n) is 1.49. The third kappa shape index (κ3) is 9.98. The van der Waals surface area contributed by atoms with E-state index in [0.717, 1.165) is 6.42 Å². The van der Waals surface area contributed by atoms with Gasteiger partial charge in [0.05, 0.1) is 12.8 Å². The summed E-state index contributed by atoms with van der Waals surface area (Å²) in [5, 5.41) is 9.73. The van der Waals surface area contributed by atoms with Crippen LogP contribution >= 0.6 is 0 Å². The molecular formula is C13H29B2NO2. The van der Waals surface area contributed by atoms with E-state index in [0.29, 0.717) is 19.6 Å². The van der Waals surface area contributed by atoms with E-state index in [2.05, 4.69) is 28.2 Å². The maximum absolute atomic E-state index is 9.63. The van der Waals surface area contributed by atoms with Gasteiger partial charge in [0.2, 0.25) is 0 Å². The van der Waals surface area contributed by atoms with Crippen molar-refractivity contribution in [2.45, 2.75) is 70.8 Å². The van der Waals surface area contributed by atoms with Gasteiger partial charge in [-0.05, 0) is 47.1 Å². The highest BCUT2D eigenvalue weighted by Gasteiger charge is 2.26. The molecule has 0 saturated heterocycles. The zero-order valence-electron chi connectivity index (χ0n) is 12.9. The molecule has 18 heavy (non-hydrogen) atoms. The number of nitrogens with two attached hydrogens (primary N) is 1. The summed E-state index contributed by atoms with van der Waals surface area (Å²) >= 11 is 0. The van der Waals surface area contributed by atoms with E-state index in [1.54, 1.807) is 13.8 Å². The van der Waals surface area contributed by atoms with Crippen molar-refractivity contribution in [1.29, 1.82) is 0 Å². The Morgan fingerprint density at radius 2 is 1.56 bits per heavy atom. The second-order valence-electron chi connectivity index (χ2n) is 6.87. The molecule has 3 nitrogen and oxygen atoms in total. The molecule has 0 heterocycles. The molecule has 0 spiro atoms. The number of ether oxygens (including phenoxy) is 1. The van der Waals surface area contributed by atoms with Crippen molar-refractivity contribution in [3.8, 4) is 0 Å². The Hall–Kier alpha value is 0.00987. The SMILES string of the molecule is CC(C)(O)CCOC(C)(C)[B][B]C(C)(C)CCN. The second-order valence-corrected chi connectivity index (χ2v) is 6.87. The van der Waals surface area contributed by atoms with Crippen molar-refractivity contribution < 1.29 is 9.84 Å². The van der Waals surface area contributed by atoms with Gasteiger partial charge in [0.1, 0.15) is 7.17 Å². The lowest BCUT2D eigenvalue weighted by atomic mass is 9.24. The van der Waals surface area contributed by atoms with Crippen LogP contribution in [0.15, 0.2) is 0 Å². The number of aliphatic hydroxyl groups is 1. The van der Waals surface area contributed by atoms with Crippen LogP contribution in [-0.2, 0) is 4.74 Å². The van der Waals surface area contributed by atoms with Crippen molar-refractivity contribution in [3.05, 3.63) is 0 Å². The molecule has 5 heteroatoms. The van der Waals surface area contributed by atoms with Gasteiger partial charge in [0.15, 0.2) is 0 Å². The van der Waals surface area contributed by atoms with Gasteiger partial charge in [-0.3, -0.25) is 0 Å². The second kappa shape index (κ2) is 6.97. The molecule has 0 aliphatic carbocycles. The zero-order chi connectivity index (χ0) is 14.4. The normalized spacial score (nSPS) is 13.6. The molecule has 0 bridgehead atoms. The fourth-order valence-corrected chi connectivity index (χ4v) is 1.49. The largest absolute Gasteiger partial charge is 0.390 e. The first-order chi connectivity index (χ1) is 7.97. The van der Waals surface area contributed by atoms with E-state index >= 15 is 0 Å². The third-order valence-corrected chi connectivity index (χ3v) is 2.91. The van der Waals surface area contributed by atoms with Crippen molar-refractivity contribution >= 4 is 14.3 Å². The molecule has 0 rings (SSSR count). The lowest BCUT2D eigenvalue weighted by Crippen LogP contribution is -2.40. The summed E-state index contributed by atoms with van der Waals surface area (Å²) in [4.78, 5) is 0. The summed E-state index contributed by atoms with van der Waals surface area (Å²) in [6.45, 7) is 13.2. The summed E-state index contributed by atoms with van der Waals surface area (Å²) in [6.07, 6.45) is 1.60. The van der Waals surface area contributed by atoms with Crippen molar-refractivity contribution in [2.75, 3.05) is 13.2 Å². The topological polar surface area (TPSA) is 55.5 Å². The van der Waals surface area contributed by atoms with Gasteiger partial charge in [-0.25, -0.2) is 0 Å². The Morgan fingerprint density at radius 3 is 2.00 bits per heavy atom. The third-order valence-electron chi connectivity index (χ3n) is 2.91. The van der Waals surface area contributed by atoms with Crippen molar-refractivity contribution in [3.63, 3.8) is 0 Å². The summed E-state index contributed by atoms with van der Waals surface area (Å²) in [7, 11) is 4.26. The molecule has 3 N–H and O–H groups in total. The first-order valence-electron chi connectivity index (χ1n) is 6.74. The summed E-state index contributed by atoms with van der Waals surface area (Å²) in [5.74, 6) is 0. The molecule has 104 valence electrons. The van der Waals surface area contributed by atoms with E-state index in [-0.39, 0.29) is 10.8 Å². The average Bonchev–Trinajstić information content (AvgIpc) is 2.13. The van der Waals surface area contributed by atoms with Crippen LogP contribution < -0.4 is 5.73 Å². The highest BCUT2D eigenvalue weighted by atomic mass is 16.5. The van der Waals surface area contributed by atoms with Crippen LogP contribution in [0.2, 0.25) is 5.31 Å². The Bertz CT molecular complexity index is 238. The monoisotopic (exact) mass is 253 g/mol. The van der Waals surface area contributed by atoms with Gasteiger partial charge in [0.25, 0.3) is 0 Å². The Labute approximate surface area is 114 Å². The van der Waals surface area contributed by atoms with Gasteiger partial charge < -0.3 is 15.6 Å². The Balaban J connectivity index is 4.00. The van der Waals surface area contributed by atoms with Crippen LogP contribution in [0.25, 0.3) is 0 Å². The maximum atomic E-state index is 9.63. The van der Waals surface area contributed by atoms with Crippen molar-refractivity contribution in [2.24, 2.45) is 5.73 Å². The molecule has 0 atom stereocenters. The molecule has 2 radical (unpaired) electrons. The van der Waals surface area contributed by atoms with Gasteiger partial charge in [-0.2, -0.15) is 0 Å². The van der Waals surface area contributed by atoms with Gasteiger partial charge in [-0.15, -0.1) is 0 Å². The molecular weight excluding hydrogens is 224 g/mol. The smallest absolute Gasteiger partial charge is 0.109 e. The highest BCUT2D eigenvalue weighted by molar-refractivity contribution is 7.03. The van der Waals surface area contributed by atoms with Gasteiger partial charge in [0, 0.05) is 12.1 Å². The van der Waals surface area contributed by atoms with Crippen LogP contribution in [0.4, 0.5) is 0 Å².